The van der Waals surface area contributed by atoms with Crippen LogP contribution in [0.1, 0.15) is 17.3 Å². The SMILES string of the molecule is C[C@@H](Sc1nnc(N)s1)C(=O)c1ccc(F)cc1. The van der Waals surface area contributed by atoms with E-state index >= 15 is 0 Å². The van der Waals surface area contributed by atoms with Crippen LogP contribution in [0.3, 0.4) is 0 Å². The number of rotatable bonds is 4. The molecule has 4 nitrogen and oxygen atoms in total. The Balaban J connectivity index is 2.07. The maximum atomic E-state index is 12.8. The third-order valence-electron chi connectivity index (χ3n) is 2.20. The molecule has 0 fully saturated rings. The number of nitrogen functional groups attached to an aromatic ring is 1. The number of halogens is 1. The van der Waals surface area contributed by atoms with Crippen LogP contribution in [0.4, 0.5) is 9.52 Å². The van der Waals surface area contributed by atoms with Crippen molar-refractivity contribution in [2.75, 3.05) is 5.73 Å². The zero-order chi connectivity index (χ0) is 13.1. The normalized spacial score (nSPS) is 12.3. The van der Waals surface area contributed by atoms with Crippen molar-refractivity contribution in [3.63, 3.8) is 0 Å². The van der Waals surface area contributed by atoms with Crippen molar-refractivity contribution in [3.8, 4) is 0 Å². The van der Waals surface area contributed by atoms with Gasteiger partial charge in [-0.15, -0.1) is 10.2 Å². The number of hydrogen-bond donors (Lipinski definition) is 1. The van der Waals surface area contributed by atoms with E-state index in [1.165, 1.54) is 47.4 Å². The molecule has 1 aromatic heterocycles. The minimum absolute atomic E-state index is 0.0752. The summed E-state index contributed by atoms with van der Waals surface area (Å²) in [7, 11) is 0. The van der Waals surface area contributed by atoms with Crippen LogP contribution in [-0.2, 0) is 0 Å². The van der Waals surface area contributed by atoms with E-state index < -0.39 is 0 Å². The Hall–Kier alpha value is -1.47. The minimum atomic E-state index is -0.358. The highest BCUT2D eigenvalue weighted by molar-refractivity contribution is 8.02. The molecule has 7 heteroatoms. The van der Waals surface area contributed by atoms with Crippen molar-refractivity contribution in [2.24, 2.45) is 0 Å². The summed E-state index contributed by atoms with van der Waals surface area (Å²) in [5, 5.41) is 7.58. The van der Waals surface area contributed by atoms with Crippen molar-refractivity contribution in [2.45, 2.75) is 16.5 Å². The van der Waals surface area contributed by atoms with Crippen LogP contribution in [0.5, 0.6) is 0 Å². The van der Waals surface area contributed by atoms with Gasteiger partial charge >= 0.3 is 0 Å². The summed E-state index contributed by atoms with van der Waals surface area (Å²) in [5.74, 6) is -0.433. The smallest absolute Gasteiger partial charge is 0.203 e. The highest BCUT2D eigenvalue weighted by atomic mass is 32.2. The van der Waals surface area contributed by atoms with E-state index in [1.807, 2.05) is 0 Å². The van der Waals surface area contributed by atoms with Gasteiger partial charge in [0.05, 0.1) is 5.25 Å². The van der Waals surface area contributed by atoms with E-state index in [9.17, 15) is 9.18 Å². The van der Waals surface area contributed by atoms with Crippen LogP contribution >= 0.6 is 23.1 Å². The van der Waals surface area contributed by atoms with Crippen LogP contribution < -0.4 is 5.73 Å². The van der Waals surface area contributed by atoms with Gasteiger partial charge in [0.1, 0.15) is 5.82 Å². The van der Waals surface area contributed by atoms with Crippen molar-refractivity contribution >= 4 is 34.0 Å². The van der Waals surface area contributed by atoms with E-state index in [-0.39, 0.29) is 16.9 Å². The Morgan fingerprint density at radius 2 is 2.06 bits per heavy atom. The van der Waals surface area contributed by atoms with E-state index in [0.717, 1.165) is 0 Å². The fraction of sp³-hybridized carbons (Fsp3) is 0.182. The molecule has 0 saturated carbocycles. The van der Waals surface area contributed by atoms with E-state index in [2.05, 4.69) is 10.2 Å². The minimum Gasteiger partial charge on any atom is -0.374 e. The third-order valence-corrected chi connectivity index (χ3v) is 4.13. The van der Waals surface area contributed by atoms with Crippen LogP contribution in [0.25, 0.3) is 0 Å². The van der Waals surface area contributed by atoms with Crippen molar-refractivity contribution in [1.29, 1.82) is 0 Å². The maximum absolute atomic E-state index is 12.8. The fourth-order valence-corrected chi connectivity index (χ4v) is 3.18. The number of ketones is 1. The van der Waals surface area contributed by atoms with Gasteiger partial charge in [-0.3, -0.25) is 4.79 Å². The summed E-state index contributed by atoms with van der Waals surface area (Å²) in [6.45, 7) is 1.77. The second-order valence-corrected chi connectivity index (χ2v) is 6.13. The second kappa shape index (κ2) is 5.45. The predicted octanol–water partition coefficient (Wildman–Crippen LogP) is 2.62. The van der Waals surface area contributed by atoms with Gasteiger partial charge in [-0.2, -0.15) is 0 Å². The van der Waals surface area contributed by atoms with Crippen LogP contribution in [-0.4, -0.2) is 21.2 Å². The van der Waals surface area contributed by atoms with Gasteiger partial charge in [-0.05, 0) is 31.2 Å². The highest BCUT2D eigenvalue weighted by Gasteiger charge is 2.18. The molecule has 18 heavy (non-hydrogen) atoms. The average molecular weight is 283 g/mol. The first-order chi connectivity index (χ1) is 8.56. The molecule has 2 aromatic rings. The molecule has 0 unspecified atom stereocenters. The topological polar surface area (TPSA) is 68.9 Å². The maximum Gasteiger partial charge on any atom is 0.203 e. The van der Waals surface area contributed by atoms with Crippen LogP contribution in [0, 0.1) is 5.82 Å². The van der Waals surface area contributed by atoms with E-state index in [0.29, 0.717) is 15.0 Å². The molecule has 0 amide bonds. The van der Waals surface area contributed by atoms with Gasteiger partial charge in [-0.1, -0.05) is 23.1 Å². The summed E-state index contributed by atoms with van der Waals surface area (Å²) < 4.78 is 13.4. The molecule has 2 rings (SSSR count). The summed E-state index contributed by atoms with van der Waals surface area (Å²) in [4.78, 5) is 12.0. The Morgan fingerprint density at radius 3 is 2.61 bits per heavy atom. The Bertz CT molecular complexity index is 556. The molecule has 0 bridgehead atoms. The molecule has 0 saturated heterocycles. The van der Waals surface area contributed by atoms with Crippen molar-refractivity contribution < 1.29 is 9.18 Å². The van der Waals surface area contributed by atoms with Crippen molar-refractivity contribution in [3.05, 3.63) is 35.6 Å². The van der Waals surface area contributed by atoms with Crippen LogP contribution in [0.2, 0.25) is 0 Å². The molecule has 0 aliphatic heterocycles. The number of carbonyl (C=O) groups excluding carboxylic acids is 1. The Labute approximate surface area is 111 Å². The molecule has 0 aliphatic rings. The third kappa shape index (κ3) is 3.05. The van der Waals surface area contributed by atoms with Gasteiger partial charge in [0.2, 0.25) is 5.13 Å². The second-order valence-electron chi connectivity index (χ2n) is 3.54. The molecule has 1 atom stereocenters. The molecular formula is C11H10FN3OS2. The van der Waals surface area contributed by atoms with Gasteiger partial charge < -0.3 is 5.73 Å². The highest BCUT2D eigenvalue weighted by Crippen LogP contribution is 2.29. The number of nitrogens with zero attached hydrogens (tertiary/aromatic N) is 2. The fourth-order valence-electron chi connectivity index (χ4n) is 1.32. The monoisotopic (exact) mass is 283 g/mol. The lowest BCUT2D eigenvalue weighted by atomic mass is 10.1. The molecule has 2 N–H and O–H groups in total. The number of Topliss-reactive ketones (excluding diaryl/α,β-unsaturated/α-hetero) is 1. The summed E-state index contributed by atoms with van der Waals surface area (Å²) in [6, 6.07) is 5.49. The molecule has 0 radical (unpaired) electrons. The number of benzene rings is 1. The number of hydrogen-bond acceptors (Lipinski definition) is 6. The molecule has 0 spiro atoms. The number of aromatic nitrogens is 2. The lowest BCUT2D eigenvalue weighted by Gasteiger charge is -2.07. The van der Waals surface area contributed by atoms with Gasteiger partial charge in [-0.25, -0.2) is 4.39 Å². The van der Waals surface area contributed by atoms with Gasteiger partial charge in [0, 0.05) is 5.56 Å². The molecule has 0 aliphatic carbocycles. The Morgan fingerprint density at radius 1 is 1.39 bits per heavy atom. The number of thioether (sulfide) groups is 1. The summed E-state index contributed by atoms with van der Waals surface area (Å²) >= 11 is 2.53. The van der Waals surface area contributed by atoms with E-state index in [1.54, 1.807) is 6.92 Å². The predicted molar refractivity (Wildman–Crippen MR) is 70.4 cm³/mol. The molecule has 1 aromatic carbocycles. The first-order valence-electron chi connectivity index (χ1n) is 5.11. The van der Waals surface area contributed by atoms with Crippen molar-refractivity contribution in [1.82, 2.24) is 10.2 Å². The first kappa shape index (κ1) is 13.0. The molecule has 94 valence electrons. The molecular weight excluding hydrogens is 273 g/mol. The Kier molecular flexibility index (Phi) is 3.93. The average Bonchev–Trinajstić information content (AvgIpc) is 2.75. The zero-order valence-electron chi connectivity index (χ0n) is 9.46. The van der Waals surface area contributed by atoms with Gasteiger partial charge in [0.15, 0.2) is 10.1 Å². The van der Waals surface area contributed by atoms with E-state index in [4.69, 9.17) is 5.73 Å². The van der Waals surface area contributed by atoms with Crippen LogP contribution in [0.15, 0.2) is 28.6 Å². The number of anilines is 1. The number of carbonyl (C=O) groups is 1. The zero-order valence-corrected chi connectivity index (χ0v) is 11.1. The largest absolute Gasteiger partial charge is 0.374 e. The first-order valence-corrected chi connectivity index (χ1v) is 6.81. The number of nitrogens with two attached hydrogens (primary N) is 1. The lowest BCUT2D eigenvalue weighted by Crippen LogP contribution is -2.13. The summed E-state index contributed by atoms with van der Waals surface area (Å²) in [5.41, 5.74) is 5.94. The molecule has 1 heterocycles. The lowest BCUT2D eigenvalue weighted by molar-refractivity contribution is 0.0994. The summed E-state index contributed by atoms with van der Waals surface area (Å²) in [6.07, 6.45) is 0. The van der Waals surface area contributed by atoms with Gasteiger partial charge in [0.25, 0.3) is 0 Å². The standard InChI is InChI=1S/C11H10FN3OS2/c1-6(17-11-15-14-10(13)18-11)9(16)7-2-4-8(12)5-3-7/h2-6H,1H3,(H2,13,14)/t6-/m1/s1. The quantitative estimate of drug-likeness (QED) is 0.690.